The van der Waals surface area contributed by atoms with Crippen LogP contribution in [0.3, 0.4) is 0 Å². The van der Waals surface area contributed by atoms with E-state index in [4.69, 9.17) is 9.47 Å². The molecule has 2 rings (SSSR count). The molecule has 0 bridgehead atoms. The van der Waals surface area contributed by atoms with E-state index in [9.17, 15) is 21.6 Å². The first-order valence-electron chi connectivity index (χ1n) is 8.13. The van der Waals surface area contributed by atoms with Gasteiger partial charge in [-0.05, 0) is 20.2 Å². The van der Waals surface area contributed by atoms with Crippen LogP contribution in [-0.2, 0) is 20.3 Å². The highest BCUT2D eigenvalue weighted by Gasteiger charge is 2.25. The standard InChI is InChI=1S/C16H19N5O7S2/c1-21(2)14(29(23)24)10-7-5-6-8-11(10)30(25,26)20-16(22)19-15-17-12(27-3)9-13(18-15)28-4/h5-9H,1-4H3,(H2,17,18,19,20,22). The molecule has 1 aromatic heterocycles. The zero-order valence-electron chi connectivity index (χ0n) is 16.4. The highest BCUT2D eigenvalue weighted by atomic mass is 32.2. The van der Waals surface area contributed by atoms with Crippen molar-refractivity contribution in [3.63, 3.8) is 0 Å². The molecule has 0 fully saturated rings. The number of carbonyl (C=O) groups is 1. The molecule has 0 radical (unpaired) electrons. The molecule has 1 heterocycles. The van der Waals surface area contributed by atoms with Crippen molar-refractivity contribution in [2.24, 2.45) is 0 Å². The van der Waals surface area contributed by atoms with Crippen molar-refractivity contribution < 1.29 is 31.1 Å². The smallest absolute Gasteiger partial charge is 0.335 e. The van der Waals surface area contributed by atoms with Gasteiger partial charge < -0.3 is 9.47 Å². The Hall–Kier alpha value is -3.23. The summed E-state index contributed by atoms with van der Waals surface area (Å²) in [5.74, 6) is -0.115. The molecule has 12 nitrogen and oxygen atoms in total. The number of anilines is 1. The van der Waals surface area contributed by atoms with Crippen molar-refractivity contribution in [3.05, 3.63) is 35.9 Å². The first kappa shape index (κ1) is 23.1. The first-order valence-corrected chi connectivity index (χ1v) is 10.7. The predicted molar refractivity (Wildman–Crippen MR) is 108 cm³/mol. The minimum absolute atomic E-state index is 0.0773. The lowest BCUT2D eigenvalue weighted by molar-refractivity contribution is 0.256. The molecular formula is C16H19N5O7S2. The molecule has 162 valence electrons. The Balaban J connectivity index is 2.37. The minimum Gasteiger partial charge on any atom is -0.481 e. The number of benzene rings is 1. The Kier molecular flexibility index (Phi) is 7.31. The SMILES string of the molecule is COc1cc(OC)nc(NC(=O)NS(=O)(=O)c2ccccc2C(N(C)C)=S(=O)=O)n1. The van der Waals surface area contributed by atoms with Crippen LogP contribution in [0, 0.1) is 0 Å². The van der Waals surface area contributed by atoms with E-state index in [0.717, 1.165) is 0 Å². The number of ether oxygens (including phenoxy) is 2. The molecular weight excluding hydrogens is 438 g/mol. The van der Waals surface area contributed by atoms with Crippen LogP contribution < -0.4 is 19.5 Å². The topological polar surface area (TPSA) is 157 Å². The number of rotatable bonds is 6. The predicted octanol–water partition coefficient (Wildman–Crippen LogP) is -0.0771. The molecule has 2 N–H and O–H groups in total. The number of urea groups is 1. The van der Waals surface area contributed by atoms with Crippen molar-refractivity contribution in [2.45, 2.75) is 4.90 Å². The number of sulfonamides is 1. The largest absolute Gasteiger partial charge is 0.481 e. The molecule has 2 amide bonds. The third kappa shape index (κ3) is 5.43. The second-order valence-electron chi connectivity index (χ2n) is 5.77. The maximum Gasteiger partial charge on any atom is 0.335 e. The molecule has 1 aromatic carbocycles. The van der Waals surface area contributed by atoms with Crippen molar-refractivity contribution in [2.75, 3.05) is 33.6 Å². The second kappa shape index (κ2) is 9.51. The summed E-state index contributed by atoms with van der Waals surface area (Å²) in [6.45, 7) is 0. The minimum atomic E-state index is -4.45. The lowest BCUT2D eigenvalue weighted by Crippen LogP contribution is -2.36. The molecule has 0 saturated carbocycles. The number of nitrogens with zero attached hydrogens (tertiary/aromatic N) is 3. The number of methoxy groups -OCH3 is 2. The molecule has 0 aliphatic rings. The Morgan fingerprint density at radius 2 is 1.63 bits per heavy atom. The summed E-state index contributed by atoms with van der Waals surface area (Å²) in [6.07, 6.45) is 0. The molecule has 0 aliphatic heterocycles. The maximum atomic E-state index is 12.8. The molecule has 30 heavy (non-hydrogen) atoms. The van der Waals surface area contributed by atoms with Crippen molar-refractivity contribution >= 4 is 37.3 Å². The van der Waals surface area contributed by atoms with Crippen LogP contribution in [0.4, 0.5) is 10.7 Å². The number of hydrogen-bond acceptors (Lipinski definition) is 9. The quantitative estimate of drug-likeness (QED) is 0.562. The van der Waals surface area contributed by atoms with E-state index < -0.39 is 31.2 Å². The van der Waals surface area contributed by atoms with Gasteiger partial charge in [-0.3, -0.25) is 10.2 Å². The summed E-state index contributed by atoms with van der Waals surface area (Å²) in [6, 6.07) is 5.54. The number of aromatic nitrogens is 2. The lowest BCUT2D eigenvalue weighted by Gasteiger charge is -2.15. The number of carbonyl (C=O) groups excluding carboxylic acids is 1. The Morgan fingerprint density at radius 3 is 2.13 bits per heavy atom. The molecule has 14 heteroatoms. The van der Waals surface area contributed by atoms with Crippen LogP contribution >= 0.6 is 0 Å². The van der Waals surface area contributed by atoms with E-state index >= 15 is 0 Å². The Morgan fingerprint density at radius 1 is 1.07 bits per heavy atom. The number of nitrogens with one attached hydrogen (secondary N) is 2. The highest BCUT2D eigenvalue weighted by Crippen LogP contribution is 2.19. The molecule has 0 saturated heterocycles. The van der Waals surface area contributed by atoms with E-state index in [1.54, 1.807) is 4.72 Å². The zero-order chi connectivity index (χ0) is 22.5. The summed E-state index contributed by atoms with van der Waals surface area (Å²) in [5, 5.41) is 2.16. The Labute approximate surface area is 174 Å². The molecule has 0 aliphatic carbocycles. The average Bonchev–Trinajstić information content (AvgIpc) is 2.66. The van der Waals surface area contributed by atoms with Crippen LogP contribution in [-0.4, -0.2) is 71.0 Å². The number of amides is 2. The van der Waals surface area contributed by atoms with Crippen molar-refractivity contribution in [3.8, 4) is 11.8 Å². The van der Waals surface area contributed by atoms with E-state index in [-0.39, 0.29) is 28.3 Å². The van der Waals surface area contributed by atoms with Gasteiger partial charge in [-0.15, -0.1) is 0 Å². The number of hydrogen-bond donors (Lipinski definition) is 2. The molecule has 2 aromatic rings. The van der Waals surface area contributed by atoms with E-state index in [1.165, 1.54) is 63.5 Å². The van der Waals surface area contributed by atoms with Crippen LogP contribution in [0.15, 0.2) is 35.2 Å². The highest BCUT2D eigenvalue weighted by molar-refractivity contribution is 7.90. The van der Waals surface area contributed by atoms with E-state index in [1.807, 2.05) is 0 Å². The van der Waals surface area contributed by atoms with Gasteiger partial charge in [0.2, 0.25) is 28.0 Å². The van der Waals surface area contributed by atoms with Crippen LogP contribution in [0.2, 0.25) is 0 Å². The fraction of sp³-hybridized carbons (Fsp3) is 0.250. The lowest BCUT2D eigenvalue weighted by atomic mass is 10.2. The fourth-order valence-electron chi connectivity index (χ4n) is 2.33. The van der Waals surface area contributed by atoms with Crippen LogP contribution in [0.1, 0.15) is 5.56 Å². The van der Waals surface area contributed by atoms with Gasteiger partial charge >= 0.3 is 6.03 Å². The average molecular weight is 457 g/mol. The summed E-state index contributed by atoms with van der Waals surface area (Å²) < 4.78 is 60.4. The van der Waals surface area contributed by atoms with Gasteiger partial charge in [-0.1, -0.05) is 18.2 Å². The van der Waals surface area contributed by atoms with Crippen molar-refractivity contribution in [1.82, 2.24) is 19.6 Å². The first-order chi connectivity index (χ1) is 14.1. The normalized spacial score (nSPS) is 11.0. The maximum absolute atomic E-state index is 12.8. The second-order valence-corrected chi connectivity index (χ2v) is 8.27. The Bertz CT molecular complexity index is 1160. The van der Waals surface area contributed by atoms with E-state index in [0.29, 0.717) is 0 Å². The van der Waals surface area contributed by atoms with Gasteiger partial charge in [0, 0.05) is 5.56 Å². The van der Waals surface area contributed by atoms with Crippen LogP contribution in [0.25, 0.3) is 0 Å². The summed E-state index contributed by atoms with van der Waals surface area (Å²) in [5.41, 5.74) is -0.101. The van der Waals surface area contributed by atoms with Crippen molar-refractivity contribution in [1.29, 1.82) is 0 Å². The monoisotopic (exact) mass is 457 g/mol. The molecule has 0 spiro atoms. The summed E-state index contributed by atoms with van der Waals surface area (Å²) >= 11 is 0. The third-order valence-corrected chi connectivity index (χ3v) is 5.81. The van der Waals surface area contributed by atoms with Gasteiger partial charge in [-0.2, -0.15) is 18.4 Å². The van der Waals surface area contributed by atoms with Gasteiger partial charge in [0.1, 0.15) is 4.99 Å². The summed E-state index contributed by atoms with van der Waals surface area (Å²) in [7, 11) is -1.61. The fourth-order valence-corrected chi connectivity index (χ4v) is 4.17. The van der Waals surface area contributed by atoms with Gasteiger partial charge in [0.05, 0.1) is 25.2 Å². The van der Waals surface area contributed by atoms with Gasteiger partial charge in [0.25, 0.3) is 10.0 Å². The van der Waals surface area contributed by atoms with E-state index in [2.05, 4.69) is 15.3 Å². The molecule has 0 atom stereocenters. The molecule has 0 unspecified atom stereocenters. The van der Waals surface area contributed by atoms with Gasteiger partial charge in [-0.25, -0.2) is 17.9 Å². The zero-order valence-corrected chi connectivity index (χ0v) is 18.0. The van der Waals surface area contributed by atoms with Crippen LogP contribution in [0.5, 0.6) is 11.8 Å². The third-order valence-electron chi connectivity index (χ3n) is 3.52. The van der Waals surface area contributed by atoms with Gasteiger partial charge in [0.15, 0.2) is 0 Å². The summed E-state index contributed by atoms with van der Waals surface area (Å²) in [4.78, 5) is 20.5.